The van der Waals surface area contributed by atoms with Crippen LogP contribution in [0.15, 0.2) is 54.6 Å². The first-order valence-corrected chi connectivity index (χ1v) is 10.0. The molecule has 2 aromatic carbocycles. The molecule has 0 fully saturated rings. The Morgan fingerprint density at radius 3 is 2.77 bits per heavy atom. The number of aliphatic carboxylic acids is 1. The summed E-state index contributed by atoms with van der Waals surface area (Å²) in [5, 5.41) is 9.87. The van der Waals surface area contributed by atoms with Gasteiger partial charge < -0.3 is 14.6 Å². The molecule has 3 aromatic rings. The van der Waals surface area contributed by atoms with Gasteiger partial charge >= 0.3 is 5.97 Å². The minimum atomic E-state index is -0.831. The molecule has 0 amide bonds. The highest BCUT2D eigenvalue weighted by Gasteiger charge is 2.37. The quantitative estimate of drug-likeness (QED) is 0.573. The van der Waals surface area contributed by atoms with Gasteiger partial charge in [0.25, 0.3) is 0 Å². The Labute approximate surface area is 174 Å². The number of hydrogen-bond donors (Lipinski definition) is 1. The van der Waals surface area contributed by atoms with E-state index < -0.39 is 18.2 Å². The Morgan fingerprint density at radius 1 is 1.13 bits per heavy atom. The zero-order chi connectivity index (χ0) is 21.1. The van der Waals surface area contributed by atoms with Gasteiger partial charge in [0.05, 0.1) is 22.7 Å². The van der Waals surface area contributed by atoms with Crippen LogP contribution in [0.5, 0.6) is 5.75 Å². The zero-order valence-corrected chi connectivity index (χ0v) is 16.7. The molecule has 6 heteroatoms. The van der Waals surface area contributed by atoms with Gasteiger partial charge in [-0.3, -0.25) is 9.59 Å². The van der Waals surface area contributed by atoms with Crippen LogP contribution in [0.3, 0.4) is 0 Å². The Bertz CT molecular complexity index is 1090. The van der Waals surface area contributed by atoms with Crippen molar-refractivity contribution in [3.63, 3.8) is 0 Å². The summed E-state index contributed by atoms with van der Waals surface area (Å²) in [5.41, 5.74) is 3.04. The predicted molar refractivity (Wildman–Crippen MR) is 113 cm³/mol. The molecule has 4 rings (SSSR count). The molecule has 0 spiro atoms. The maximum Gasteiger partial charge on any atom is 0.303 e. The Kier molecular flexibility index (Phi) is 5.77. The van der Waals surface area contributed by atoms with E-state index in [1.165, 1.54) is 7.11 Å². The van der Waals surface area contributed by atoms with Crippen molar-refractivity contribution in [3.8, 4) is 17.0 Å². The number of hydrogen-bond acceptors (Lipinski definition) is 5. The van der Waals surface area contributed by atoms with Crippen LogP contribution in [0.25, 0.3) is 22.2 Å². The minimum absolute atomic E-state index is 0.0407. The van der Waals surface area contributed by atoms with Crippen LogP contribution < -0.4 is 4.74 Å². The number of methoxy groups -OCH3 is 1. The number of benzene rings is 2. The molecule has 2 unspecified atom stereocenters. The van der Waals surface area contributed by atoms with Crippen LogP contribution in [0.4, 0.5) is 0 Å². The molecule has 154 valence electrons. The third-order valence-electron chi connectivity index (χ3n) is 5.44. The summed E-state index contributed by atoms with van der Waals surface area (Å²) in [7, 11) is 1.51. The second-order valence-electron chi connectivity index (χ2n) is 7.43. The number of para-hydroxylation sites is 1. The number of fused-ring (bicyclic) bond motifs is 2. The number of nitrogens with zero attached hydrogens (tertiary/aromatic N) is 1. The first-order valence-electron chi connectivity index (χ1n) is 10.0. The van der Waals surface area contributed by atoms with Gasteiger partial charge in [-0.25, -0.2) is 4.98 Å². The molecule has 6 nitrogen and oxygen atoms in total. The van der Waals surface area contributed by atoms with E-state index >= 15 is 0 Å². The minimum Gasteiger partial charge on any atom is -0.481 e. The largest absolute Gasteiger partial charge is 0.481 e. The summed E-state index contributed by atoms with van der Waals surface area (Å²) in [6.07, 6.45) is 1.08. The number of unbranched alkanes of at least 4 members (excludes halogenated alkanes) is 1. The van der Waals surface area contributed by atoms with Gasteiger partial charge in [0, 0.05) is 24.5 Å². The Balaban J connectivity index is 1.60. The number of ether oxygens (including phenoxy) is 2. The zero-order valence-electron chi connectivity index (χ0n) is 16.7. The lowest BCUT2D eigenvalue weighted by Gasteiger charge is -2.31. The van der Waals surface area contributed by atoms with E-state index in [9.17, 15) is 9.59 Å². The lowest BCUT2D eigenvalue weighted by atomic mass is 9.88. The molecule has 2 heterocycles. The smallest absolute Gasteiger partial charge is 0.303 e. The van der Waals surface area contributed by atoms with Crippen molar-refractivity contribution in [3.05, 3.63) is 60.2 Å². The van der Waals surface area contributed by atoms with Crippen LogP contribution in [0, 0.1) is 5.92 Å². The first-order chi connectivity index (χ1) is 14.6. The fraction of sp³-hybridized carbons (Fsp3) is 0.292. The van der Waals surface area contributed by atoms with E-state index in [2.05, 4.69) is 0 Å². The normalized spacial score (nSPS) is 18.1. The third kappa shape index (κ3) is 4.04. The van der Waals surface area contributed by atoms with E-state index in [1.807, 2.05) is 48.5 Å². The second kappa shape index (κ2) is 8.63. The number of pyridine rings is 1. The average Bonchev–Trinajstić information content (AvgIpc) is 2.77. The van der Waals surface area contributed by atoms with Gasteiger partial charge in [-0.1, -0.05) is 30.7 Å². The lowest BCUT2D eigenvalue weighted by Crippen LogP contribution is -2.39. The molecule has 30 heavy (non-hydrogen) atoms. The predicted octanol–water partition coefficient (Wildman–Crippen LogP) is 4.71. The molecule has 0 bridgehead atoms. The van der Waals surface area contributed by atoms with E-state index in [1.54, 1.807) is 6.07 Å². The van der Waals surface area contributed by atoms with Crippen molar-refractivity contribution >= 4 is 22.7 Å². The van der Waals surface area contributed by atoms with Crippen LogP contribution in [-0.2, 0) is 9.53 Å². The molecular formula is C24H23NO5. The number of carbonyl (C=O) groups excluding carboxylic acids is 1. The van der Waals surface area contributed by atoms with E-state index in [0.717, 1.165) is 22.2 Å². The van der Waals surface area contributed by atoms with Gasteiger partial charge in [-0.05, 0) is 43.2 Å². The number of Topliss-reactive ketones (excluding diaryl/α,β-unsaturated/α-hetero) is 1. The third-order valence-corrected chi connectivity index (χ3v) is 5.44. The Morgan fingerprint density at radius 2 is 1.97 bits per heavy atom. The topological polar surface area (TPSA) is 85.7 Å². The molecule has 0 saturated heterocycles. The summed E-state index contributed by atoms with van der Waals surface area (Å²) in [6, 6.07) is 17.4. The SMILES string of the molecule is COC1Oc2ccc(-c3ccc4ccccc4n3)cc2C(=O)C1CCCCC(=O)O. The van der Waals surface area contributed by atoms with Gasteiger partial charge in [0.15, 0.2) is 5.78 Å². The maximum absolute atomic E-state index is 13.2. The van der Waals surface area contributed by atoms with Crippen LogP contribution in [0.1, 0.15) is 36.0 Å². The number of carbonyl (C=O) groups is 2. The Hall–Kier alpha value is -3.25. The van der Waals surface area contributed by atoms with Gasteiger partial charge in [-0.15, -0.1) is 0 Å². The fourth-order valence-corrected chi connectivity index (χ4v) is 3.86. The monoisotopic (exact) mass is 405 g/mol. The van der Waals surface area contributed by atoms with Crippen molar-refractivity contribution < 1.29 is 24.2 Å². The molecule has 0 radical (unpaired) electrons. The van der Waals surface area contributed by atoms with Crippen LogP contribution in [0.2, 0.25) is 0 Å². The van der Waals surface area contributed by atoms with Gasteiger partial charge in [0.1, 0.15) is 5.75 Å². The number of rotatable bonds is 7. The van der Waals surface area contributed by atoms with Crippen molar-refractivity contribution in [1.82, 2.24) is 4.98 Å². The van der Waals surface area contributed by atoms with Crippen LogP contribution in [-0.4, -0.2) is 35.2 Å². The number of aromatic nitrogens is 1. The summed E-state index contributed by atoms with van der Waals surface area (Å²) < 4.78 is 11.3. The maximum atomic E-state index is 13.2. The van der Waals surface area contributed by atoms with E-state index in [-0.39, 0.29) is 12.2 Å². The molecular weight excluding hydrogens is 382 g/mol. The van der Waals surface area contributed by atoms with Crippen molar-refractivity contribution in [2.45, 2.75) is 32.0 Å². The second-order valence-corrected chi connectivity index (χ2v) is 7.43. The average molecular weight is 405 g/mol. The highest BCUT2D eigenvalue weighted by Crippen LogP contribution is 2.36. The van der Waals surface area contributed by atoms with Crippen molar-refractivity contribution in [1.29, 1.82) is 0 Å². The molecule has 1 aliphatic rings. The fourth-order valence-electron chi connectivity index (χ4n) is 3.86. The highest BCUT2D eigenvalue weighted by molar-refractivity contribution is 6.02. The lowest BCUT2D eigenvalue weighted by molar-refractivity contribution is -0.137. The molecule has 0 saturated carbocycles. The van der Waals surface area contributed by atoms with E-state index in [0.29, 0.717) is 30.6 Å². The summed E-state index contributed by atoms with van der Waals surface area (Å²) in [5.74, 6) is -0.835. The number of ketones is 1. The number of carboxylic acids is 1. The van der Waals surface area contributed by atoms with Gasteiger partial charge in [0.2, 0.25) is 6.29 Å². The van der Waals surface area contributed by atoms with Crippen molar-refractivity contribution in [2.24, 2.45) is 5.92 Å². The molecule has 2 atom stereocenters. The van der Waals surface area contributed by atoms with E-state index in [4.69, 9.17) is 19.6 Å². The molecule has 1 aromatic heterocycles. The van der Waals surface area contributed by atoms with Crippen LogP contribution >= 0.6 is 0 Å². The summed E-state index contributed by atoms with van der Waals surface area (Å²) in [4.78, 5) is 28.7. The van der Waals surface area contributed by atoms with Crippen molar-refractivity contribution in [2.75, 3.05) is 7.11 Å². The molecule has 1 N–H and O–H groups in total. The first kappa shape index (κ1) is 20.0. The van der Waals surface area contributed by atoms with Gasteiger partial charge in [-0.2, -0.15) is 0 Å². The highest BCUT2D eigenvalue weighted by atomic mass is 16.7. The summed E-state index contributed by atoms with van der Waals surface area (Å²) >= 11 is 0. The standard InChI is InChI=1S/C24H23NO5/c1-29-24-17(7-3-5-9-22(26)27)23(28)18-14-16(11-13-21(18)30-24)20-12-10-15-6-2-4-8-19(15)25-20/h2,4,6,8,10-14,17,24H,3,5,7,9H2,1H3,(H,26,27). The number of carboxylic acid groups (broad SMARTS) is 1. The molecule has 1 aliphatic heterocycles. The molecule has 0 aliphatic carbocycles. The summed E-state index contributed by atoms with van der Waals surface area (Å²) in [6.45, 7) is 0.